The Morgan fingerprint density at radius 1 is 1.25 bits per heavy atom. The van der Waals surface area contributed by atoms with Crippen molar-refractivity contribution in [2.45, 2.75) is 38.3 Å². The minimum atomic E-state index is -0.0253. The zero-order chi connectivity index (χ0) is 17.1. The summed E-state index contributed by atoms with van der Waals surface area (Å²) in [7, 11) is 4.28. The first kappa shape index (κ1) is 17.4. The summed E-state index contributed by atoms with van der Waals surface area (Å²) in [6.45, 7) is 4.56. The lowest BCUT2D eigenvalue weighted by Gasteiger charge is -2.27. The minimum absolute atomic E-state index is 0.0253. The number of rotatable bonds is 3. The molecule has 1 aromatic rings. The number of nitrogens with zero attached hydrogens (tertiary/aromatic N) is 2. The molecule has 0 aliphatic carbocycles. The monoisotopic (exact) mass is 330 g/mol. The van der Waals surface area contributed by atoms with Gasteiger partial charge in [-0.25, -0.2) is 5.43 Å². The fourth-order valence-electron chi connectivity index (χ4n) is 3.96. The highest BCUT2D eigenvalue weighted by molar-refractivity contribution is 5.80. The van der Waals surface area contributed by atoms with Gasteiger partial charge in [0.1, 0.15) is 0 Å². The Kier molecular flexibility index (Phi) is 5.54. The molecule has 2 aliphatic rings. The maximum Gasteiger partial charge on any atom is 0.229 e. The molecule has 3 atom stereocenters. The third-order valence-corrected chi connectivity index (χ3v) is 5.44. The van der Waals surface area contributed by atoms with E-state index >= 15 is 0 Å². The average Bonchev–Trinajstić information content (AvgIpc) is 2.91. The summed E-state index contributed by atoms with van der Waals surface area (Å²) in [5, 5.41) is 0. The molecule has 2 saturated heterocycles. The van der Waals surface area contributed by atoms with Crippen LogP contribution in [0.25, 0.3) is 0 Å². The minimum Gasteiger partial charge on any atom is -0.342 e. The van der Waals surface area contributed by atoms with Crippen LogP contribution in [0.1, 0.15) is 36.4 Å². The summed E-state index contributed by atoms with van der Waals surface area (Å²) < 4.78 is 0. The standard InChI is InChI=1S/C19H30N4O/c1-14-6-4-7-15(12-14)18-17(13-20-21-18)19(24)23-10-5-8-16(9-11-23)22(2)3/h4,6-7,12,16-18,20-21H,5,8-11,13H2,1-3H3. The summed E-state index contributed by atoms with van der Waals surface area (Å²) in [6, 6.07) is 9.11. The number of likely N-dealkylation sites (tertiary alicyclic amines) is 1. The van der Waals surface area contributed by atoms with Gasteiger partial charge in [-0.15, -0.1) is 0 Å². The van der Waals surface area contributed by atoms with Crippen molar-refractivity contribution >= 4 is 5.91 Å². The Morgan fingerprint density at radius 2 is 2.08 bits per heavy atom. The van der Waals surface area contributed by atoms with Gasteiger partial charge in [-0.05, 0) is 45.8 Å². The number of carbonyl (C=O) groups excluding carboxylic acids is 1. The summed E-state index contributed by atoms with van der Waals surface area (Å²) in [6.07, 6.45) is 3.35. The normalized spacial score (nSPS) is 28.2. The molecule has 5 heteroatoms. The number of hydrogen-bond acceptors (Lipinski definition) is 4. The van der Waals surface area contributed by atoms with Crippen LogP contribution >= 0.6 is 0 Å². The molecular formula is C19H30N4O. The topological polar surface area (TPSA) is 47.6 Å². The van der Waals surface area contributed by atoms with Crippen LogP contribution in [0.5, 0.6) is 0 Å². The lowest BCUT2D eigenvalue weighted by molar-refractivity contribution is -0.135. The number of nitrogens with one attached hydrogen (secondary N) is 2. The van der Waals surface area contributed by atoms with E-state index in [0.717, 1.165) is 25.9 Å². The van der Waals surface area contributed by atoms with Gasteiger partial charge in [0.2, 0.25) is 5.91 Å². The smallest absolute Gasteiger partial charge is 0.229 e. The van der Waals surface area contributed by atoms with Gasteiger partial charge < -0.3 is 9.80 Å². The van der Waals surface area contributed by atoms with Gasteiger partial charge >= 0.3 is 0 Å². The molecule has 0 bridgehead atoms. The van der Waals surface area contributed by atoms with Gasteiger partial charge in [0.25, 0.3) is 0 Å². The first-order valence-corrected chi connectivity index (χ1v) is 9.06. The second-order valence-electron chi connectivity index (χ2n) is 7.40. The van der Waals surface area contributed by atoms with Crippen LogP contribution in [-0.2, 0) is 4.79 Å². The van der Waals surface area contributed by atoms with Crippen LogP contribution in [0, 0.1) is 12.8 Å². The van der Waals surface area contributed by atoms with Gasteiger partial charge in [0.05, 0.1) is 12.0 Å². The molecule has 2 heterocycles. The van der Waals surface area contributed by atoms with Gasteiger partial charge in [-0.2, -0.15) is 0 Å². The molecule has 0 radical (unpaired) electrons. The molecule has 0 aromatic heterocycles. The third-order valence-electron chi connectivity index (χ3n) is 5.44. The van der Waals surface area contributed by atoms with Crippen molar-refractivity contribution in [3.63, 3.8) is 0 Å². The maximum atomic E-state index is 13.1. The van der Waals surface area contributed by atoms with E-state index in [4.69, 9.17) is 0 Å². The quantitative estimate of drug-likeness (QED) is 0.886. The fraction of sp³-hybridized carbons (Fsp3) is 0.632. The lowest BCUT2D eigenvalue weighted by Crippen LogP contribution is -2.40. The fourth-order valence-corrected chi connectivity index (χ4v) is 3.96. The average molecular weight is 330 g/mol. The number of carbonyl (C=O) groups is 1. The molecule has 24 heavy (non-hydrogen) atoms. The molecule has 132 valence electrons. The highest BCUT2D eigenvalue weighted by Crippen LogP contribution is 2.28. The van der Waals surface area contributed by atoms with Gasteiger partial charge in [0.15, 0.2) is 0 Å². The SMILES string of the molecule is Cc1cccc(C2NNCC2C(=O)N2CCCC(N(C)C)CC2)c1. The van der Waals surface area contributed by atoms with Crippen molar-refractivity contribution in [2.75, 3.05) is 33.7 Å². The highest BCUT2D eigenvalue weighted by Gasteiger charge is 2.37. The second kappa shape index (κ2) is 7.64. The van der Waals surface area contributed by atoms with Crippen molar-refractivity contribution in [2.24, 2.45) is 5.92 Å². The highest BCUT2D eigenvalue weighted by atomic mass is 16.2. The van der Waals surface area contributed by atoms with Crippen molar-refractivity contribution in [3.8, 4) is 0 Å². The van der Waals surface area contributed by atoms with E-state index in [1.54, 1.807) is 0 Å². The Bertz CT molecular complexity index is 574. The van der Waals surface area contributed by atoms with E-state index in [9.17, 15) is 4.79 Å². The lowest BCUT2D eigenvalue weighted by atomic mass is 9.92. The van der Waals surface area contributed by atoms with Crippen molar-refractivity contribution in [1.29, 1.82) is 0 Å². The van der Waals surface area contributed by atoms with Gasteiger partial charge in [0, 0.05) is 25.7 Å². The predicted molar refractivity (Wildman–Crippen MR) is 96.5 cm³/mol. The first-order valence-electron chi connectivity index (χ1n) is 9.06. The van der Waals surface area contributed by atoms with Crippen molar-refractivity contribution in [3.05, 3.63) is 35.4 Å². The summed E-state index contributed by atoms with van der Waals surface area (Å²) in [5.41, 5.74) is 8.93. The largest absolute Gasteiger partial charge is 0.342 e. The van der Waals surface area contributed by atoms with Crippen LogP contribution < -0.4 is 10.9 Å². The van der Waals surface area contributed by atoms with E-state index < -0.39 is 0 Å². The molecule has 0 saturated carbocycles. The number of aryl methyl sites for hydroxylation is 1. The molecule has 0 spiro atoms. The Morgan fingerprint density at radius 3 is 2.83 bits per heavy atom. The zero-order valence-electron chi connectivity index (χ0n) is 15.1. The van der Waals surface area contributed by atoms with Crippen LogP contribution in [-0.4, -0.2) is 55.5 Å². The maximum absolute atomic E-state index is 13.1. The van der Waals surface area contributed by atoms with Crippen molar-refractivity contribution < 1.29 is 4.79 Å². The van der Waals surface area contributed by atoms with Crippen LogP contribution in [0.15, 0.2) is 24.3 Å². The number of amides is 1. The van der Waals surface area contributed by atoms with E-state index in [-0.39, 0.29) is 12.0 Å². The van der Waals surface area contributed by atoms with E-state index in [0.29, 0.717) is 18.5 Å². The molecule has 3 unspecified atom stereocenters. The Hall–Kier alpha value is -1.43. The molecule has 1 amide bonds. The van der Waals surface area contributed by atoms with E-state index in [1.807, 2.05) is 0 Å². The molecular weight excluding hydrogens is 300 g/mol. The molecule has 3 rings (SSSR count). The molecule has 1 aromatic carbocycles. The summed E-state index contributed by atoms with van der Waals surface area (Å²) >= 11 is 0. The molecule has 2 fully saturated rings. The van der Waals surface area contributed by atoms with Crippen molar-refractivity contribution in [1.82, 2.24) is 20.7 Å². The number of benzene rings is 1. The number of hydrogen-bond donors (Lipinski definition) is 2. The van der Waals surface area contributed by atoms with Crippen LogP contribution in [0.3, 0.4) is 0 Å². The zero-order valence-corrected chi connectivity index (χ0v) is 15.1. The number of hydrazine groups is 1. The van der Waals surface area contributed by atoms with Gasteiger partial charge in [-0.1, -0.05) is 29.8 Å². The van der Waals surface area contributed by atoms with Crippen LogP contribution in [0.2, 0.25) is 0 Å². The predicted octanol–water partition coefficient (Wildman–Crippen LogP) is 1.70. The Balaban J connectivity index is 1.69. The first-order chi connectivity index (χ1) is 11.6. The second-order valence-corrected chi connectivity index (χ2v) is 7.40. The molecule has 2 aliphatic heterocycles. The molecule has 2 N–H and O–H groups in total. The van der Waals surface area contributed by atoms with E-state index in [2.05, 4.69) is 65.9 Å². The summed E-state index contributed by atoms with van der Waals surface area (Å²) in [4.78, 5) is 17.5. The summed E-state index contributed by atoms with van der Waals surface area (Å²) in [5.74, 6) is 0.265. The van der Waals surface area contributed by atoms with Gasteiger partial charge in [-0.3, -0.25) is 10.2 Å². The Labute approximate surface area is 145 Å². The van der Waals surface area contributed by atoms with E-state index in [1.165, 1.54) is 17.5 Å². The molecule has 5 nitrogen and oxygen atoms in total. The van der Waals surface area contributed by atoms with Crippen LogP contribution in [0.4, 0.5) is 0 Å². The third kappa shape index (κ3) is 3.79.